The third-order valence-electron chi connectivity index (χ3n) is 2.10. The van der Waals surface area contributed by atoms with Crippen LogP contribution < -0.4 is 0 Å². The predicted molar refractivity (Wildman–Crippen MR) is 65.1 cm³/mol. The summed E-state index contributed by atoms with van der Waals surface area (Å²) in [5.41, 5.74) is 1.84. The summed E-state index contributed by atoms with van der Waals surface area (Å²) < 4.78 is 0. The van der Waals surface area contributed by atoms with Gasteiger partial charge in [0.25, 0.3) is 0 Å². The van der Waals surface area contributed by atoms with Crippen molar-refractivity contribution in [1.29, 1.82) is 0 Å². The minimum atomic E-state index is 0.515. The minimum absolute atomic E-state index is 0.515. The molecular weight excluding hydrogens is 245 g/mol. The van der Waals surface area contributed by atoms with Crippen molar-refractivity contribution in [1.82, 2.24) is 4.98 Å². The van der Waals surface area contributed by atoms with Crippen LogP contribution in [0.5, 0.6) is 0 Å². The van der Waals surface area contributed by atoms with Crippen molar-refractivity contribution in [3.05, 3.63) is 52.1 Å². The van der Waals surface area contributed by atoms with Crippen LogP contribution in [0.3, 0.4) is 0 Å². The number of benzene rings is 1. The first kappa shape index (κ1) is 11.1. The maximum Gasteiger partial charge on any atom is 0.152 e. The van der Waals surface area contributed by atoms with E-state index in [1.54, 1.807) is 36.5 Å². The van der Waals surface area contributed by atoms with Crippen LogP contribution in [0.4, 0.5) is 0 Å². The summed E-state index contributed by atoms with van der Waals surface area (Å²) in [7, 11) is 0. The molecule has 0 N–H and O–H groups in total. The lowest BCUT2D eigenvalue weighted by atomic mass is 10.1. The fourth-order valence-electron chi connectivity index (χ4n) is 1.44. The molecule has 0 unspecified atom stereocenters. The normalized spacial score (nSPS) is 10.1. The molecule has 1 aromatic carbocycles. The molecule has 4 heteroatoms. The Morgan fingerprint density at radius 1 is 1.12 bits per heavy atom. The zero-order chi connectivity index (χ0) is 11.5. The number of rotatable bonds is 2. The van der Waals surface area contributed by atoms with E-state index >= 15 is 0 Å². The maximum atomic E-state index is 10.9. The Balaban J connectivity index is 2.62. The molecule has 16 heavy (non-hydrogen) atoms. The minimum Gasteiger partial charge on any atom is -0.298 e. The van der Waals surface area contributed by atoms with Gasteiger partial charge < -0.3 is 0 Å². The molecule has 0 atom stereocenters. The third-order valence-corrected chi connectivity index (χ3v) is 2.54. The first-order chi connectivity index (χ1) is 7.70. The number of halogens is 2. The standard InChI is InChI=1S/C12H7Cl2NO/c13-10-4-9(5-11(14)6-10)12-8(7-16)2-1-3-15-12/h1-7H. The van der Waals surface area contributed by atoms with Crippen LogP contribution in [-0.2, 0) is 0 Å². The van der Waals surface area contributed by atoms with Gasteiger partial charge in [-0.05, 0) is 30.3 Å². The van der Waals surface area contributed by atoms with E-state index in [0.29, 0.717) is 21.3 Å². The van der Waals surface area contributed by atoms with Crippen LogP contribution in [0.25, 0.3) is 11.3 Å². The van der Waals surface area contributed by atoms with Gasteiger partial charge in [-0.1, -0.05) is 23.2 Å². The fourth-order valence-corrected chi connectivity index (χ4v) is 1.97. The fraction of sp³-hybridized carbons (Fsp3) is 0. The predicted octanol–water partition coefficient (Wildman–Crippen LogP) is 3.87. The van der Waals surface area contributed by atoms with Gasteiger partial charge >= 0.3 is 0 Å². The highest BCUT2D eigenvalue weighted by Crippen LogP contribution is 2.27. The first-order valence-corrected chi connectivity index (χ1v) is 5.33. The van der Waals surface area contributed by atoms with E-state index in [2.05, 4.69) is 4.98 Å². The molecule has 1 heterocycles. The molecule has 0 saturated carbocycles. The van der Waals surface area contributed by atoms with Crippen LogP contribution in [0.2, 0.25) is 10.0 Å². The molecule has 0 amide bonds. The highest BCUT2D eigenvalue weighted by molar-refractivity contribution is 6.35. The number of nitrogens with zero attached hydrogens (tertiary/aromatic N) is 1. The average Bonchev–Trinajstić information content (AvgIpc) is 2.27. The second-order valence-electron chi connectivity index (χ2n) is 3.22. The summed E-state index contributed by atoms with van der Waals surface area (Å²) in [5, 5.41) is 1.04. The van der Waals surface area contributed by atoms with E-state index in [0.717, 1.165) is 11.8 Å². The molecule has 80 valence electrons. The van der Waals surface area contributed by atoms with Crippen LogP contribution in [-0.4, -0.2) is 11.3 Å². The summed E-state index contributed by atoms with van der Waals surface area (Å²) >= 11 is 11.8. The zero-order valence-corrected chi connectivity index (χ0v) is 9.66. The van der Waals surface area contributed by atoms with Gasteiger partial charge in [-0.25, -0.2) is 0 Å². The lowest BCUT2D eigenvalue weighted by Gasteiger charge is -2.04. The molecule has 0 aliphatic heterocycles. The molecule has 1 aromatic heterocycles. The zero-order valence-electron chi connectivity index (χ0n) is 8.15. The van der Waals surface area contributed by atoms with E-state index in [1.165, 1.54) is 0 Å². The molecule has 2 aromatic rings. The quantitative estimate of drug-likeness (QED) is 0.759. The number of aldehydes is 1. The monoisotopic (exact) mass is 251 g/mol. The SMILES string of the molecule is O=Cc1cccnc1-c1cc(Cl)cc(Cl)c1. The summed E-state index contributed by atoms with van der Waals surface area (Å²) in [6, 6.07) is 8.49. The van der Waals surface area contributed by atoms with Gasteiger partial charge in [-0.3, -0.25) is 9.78 Å². The van der Waals surface area contributed by atoms with Crippen molar-refractivity contribution >= 4 is 29.5 Å². The molecule has 0 aliphatic rings. The van der Waals surface area contributed by atoms with E-state index < -0.39 is 0 Å². The van der Waals surface area contributed by atoms with Crippen molar-refractivity contribution in [2.24, 2.45) is 0 Å². The molecular formula is C12H7Cl2NO. The van der Waals surface area contributed by atoms with E-state index in [4.69, 9.17) is 23.2 Å². The molecule has 2 rings (SSSR count). The van der Waals surface area contributed by atoms with Gasteiger partial charge in [0.15, 0.2) is 6.29 Å². The van der Waals surface area contributed by atoms with Gasteiger partial charge in [0.1, 0.15) is 0 Å². The number of carbonyl (C=O) groups is 1. The Morgan fingerprint density at radius 3 is 2.44 bits per heavy atom. The Morgan fingerprint density at radius 2 is 1.81 bits per heavy atom. The molecule has 0 saturated heterocycles. The second-order valence-corrected chi connectivity index (χ2v) is 4.09. The Labute approximate surface area is 103 Å². The Kier molecular flexibility index (Phi) is 3.22. The third kappa shape index (κ3) is 2.23. The molecule has 2 nitrogen and oxygen atoms in total. The number of hydrogen-bond acceptors (Lipinski definition) is 2. The summed E-state index contributed by atoms with van der Waals surface area (Å²) in [6.07, 6.45) is 2.38. The number of aromatic nitrogens is 1. The van der Waals surface area contributed by atoms with Crippen molar-refractivity contribution in [3.8, 4) is 11.3 Å². The van der Waals surface area contributed by atoms with Crippen LogP contribution >= 0.6 is 23.2 Å². The van der Waals surface area contributed by atoms with Gasteiger partial charge in [-0.2, -0.15) is 0 Å². The lowest BCUT2D eigenvalue weighted by molar-refractivity contribution is 0.112. The topological polar surface area (TPSA) is 30.0 Å². The molecule has 0 spiro atoms. The molecule has 0 bridgehead atoms. The molecule has 0 fully saturated rings. The highest BCUT2D eigenvalue weighted by Gasteiger charge is 2.07. The van der Waals surface area contributed by atoms with Crippen molar-refractivity contribution in [2.75, 3.05) is 0 Å². The van der Waals surface area contributed by atoms with Gasteiger partial charge in [0.05, 0.1) is 5.69 Å². The average molecular weight is 252 g/mol. The van der Waals surface area contributed by atoms with E-state index in [9.17, 15) is 4.79 Å². The summed E-state index contributed by atoms with van der Waals surface area (Å²) in [4.78, 5) is 15.0. The van der Waals surface area contributed by atoms with E-state index in [-0.39, 0.29) is 0 Å². The van der Waals surface area contributed by atoms with Crippen LogP contribution in [0, 0.1) is 0 Å². The van der Waals surface area contributed by atoms with Crippen LogP contribution in [0.1, 0.15) is 10.4 Å². The first-order valence-electron chi connectivity index (χ1n) is 4.57. The Hall–Kier alpha value is -1.38. The molecule has 0 aliphatic carbocycles. The largest absolute Gasteiger partial charge is 0.298 e. The van der Waals surface area contributed by atoms with Crippen molar-refractivity contribution in [2.45, 2.75) is 0 Å². The summed E-state index contributed by atoms with van der Waals surface area (Å²) in [5.74, 6) is 0. The van der Waals surface area contributed by atoms with Gasteiger partial charge in [-0.15, -0.1) is 0 Å². The smallest absolute Gasteiger partial charge is 0.152 e. The van der Waals surface area contributed by atoms with Gasteiger partial charge in [0, 0.05) is 27.4 Å². The Bertz CT molecular complexity index is 520. The second kappa shape index (κ2) is 4.64. The van der Waals surface area contributed by atoms with Crippen LogP contribution in [0.15, 0.2) is 36.5 Å². The van der Waals surface area contributed by atoms with Crippen molar-refractivity contribution < 1.29 is 4.79 Å². The number of carbonyl (C=O) groups excluding carboxylic acids is 1. The van der Waals surface area contributed by atoms with Crippen molar-refractivity contribution in [3.63, 3.8) is 0 Å². The molecule has 0 radical (unpaired) electrons. The number of hydrogen-bond donors (Lipinski definition) is 0. The van der Waals surface area contributed by atoms with E-state index in [1.807, 2.05) is 0 Å². The number of pyridine rings is 1. The highest BCUT2D eigenvalue weighted by atomic mass is 35.5. The lowest BCUT2D eigenvalue weighted by Crippen LogP contribution is -1.90. The van der Waals surface area contributed by atoms with Gasteiger partial charge in [0.2, 0.25) is 0 Å². The maximum absolute atomic E-state index is 10.9. The summed E-state index contributed by atoms with van der Waals surface area (Å²) in [6.45, 7) is 0.